The summed E-state index contributed by atoms with van der Waals surface area (Å²) in [6.45, 7) is 2.90. The van der Waals surface area contributed by atoms with Gasteiger partial charge < -0.3 is 4.90 Å². The van der Waals surface area contributed by atoms with Gasteiger partial charge in [0.05, 0.1) is 4.90 Å². The lowest BCUT2D eigenvalue weighted by Crippen LogP contribution is -2.37. The minimum atomic E-state index is -3.84. The summed E-state index contributed by atoms with van der Waals surface area (Å²) in [5.41, 5.74) is 0.632. The van der Waals surface area contributed by atoms with Crippen LogP contribution < -0.4 is 4.72 Å². The van der Waals surface area contributed by atoms with Crippen LogP contribution in [0.1, 0.15) is 18.1 Å². The predicted octanol–water partition coefficient (Wildman–Crippen LogP) is 2.60. The number of carbonyl (C=O) groups is 1. The summed E-state index contributed by atoms with van der Waals surface area (Å²) in [4.78, 5) is 13.1. The van der Waals surface area contributed by atoms with Crippen molar-refractivity contribution >= 4 is 15.9 Å². The number of amides is 1. The van der Waals surface area contributed by atoms with Crippen molar-refractivity contribution in [1.82, 2.24) is 9.62 Å². The molecule has 0 bridgehead atoms. The summed E-state index contributed by atoms with van der Waals surface area (Å²) in [7, 11) is -3.84. The van der Waals surface area contributed by atoms with Crippen molar-refractivity contribution in [2.24, 2.45) is 0 Å². The second kappa shape index (κ2) is 8.37. The first-order valence-corrected chi connectivity index (χ1v) is 9.44. The van der Waals surface area contributed by atoms with Crippen LogP contribution in [0.5, 0.6) is 0 Å². The molecular weight excluding hydrogens is 362 g/mol. The van der Waals surface area contributed by atoms with Gasteiger partial charge in [-0.2, -0.15) is 0 Å². The van der Waals surface area contributed by atoms with Gasteiger partial charge >= 0.3 is 0 Å². The van der Waals surface area contributed by atoms with Crippen molar-refractivity contribution in [3.63, 3.8) is 0 Å². The van der Waals surface area contributed by atoms with Gasteiger partial charge in [-0.25, -0.2) is 21.9 Å². The molecule has 0 aliphatic heterocycles. The molecule has 0 unspecified atom stereocenters. The highest BCUT2D eigenvalue weighted by atomic mass is 32.2. The Balaban J connectivity index is 2.03. The lowest BCUT2D eigenvalue weighted by molar-refractivity contribution is -0.129. The Hall–Kier alpha value is -2.32. The normalized spacial score (nSPS) is 11.4. The number of rotatable bonds is 7. The Labute approximate surface area is 151 Å². The average molecular weight is 382 g/mol. The average Bonchev–Trinajstić information content (AvgIpc) is 2.55. The standard InChI is InChI=1S/C18H20F2N2O3S/c1-13-11-16(19)7-8-18(13)26(24,25)21-9-10-22(14(2)23)12-15-5-3-4-6-17(15)20/h3-8,11,21H,9-10,12H2,1-2H3. The zero-order chi connectivity index (χ0) is 19.3. The molecule has 2 aromatic carbocycles. The van der Waals surface area contributed by atoms with E-state index in [1.165, 1.54) is 30.9 Å². The number of benzene rings is 2. The second-order valence-corrected chi connectivity index (χ2v) is 7.57. The molecule has 8 heteroatoms. The van der Waals surface area contributed by atoms with Gasteiger partial charge in [-0.05, 0) is 36.8 Å². The molecule has 0 atom stereocenters. The highest BCUT2D eigenvalue weighted by Gasteiger charge is 2.18. The number of nitrogens with one attached hydrogen (secondary N) is 1. The Morgan fingerprint density at radius 1 is 1.15 bits per heavy atom. The van der Waals surface area contributed by atoms with Crippen LogP contribution in [-0.2, 0) is 21.4 Å². The Morgan fingerprint density at radius 3 is 2.46 bits per heavy atom. The van der Waals surface area contributed by atoms with Crippen LogP contribution >= 0.6 is 0 Å². The first-order chi connectivity index (χ1) is 12.2. The number of hydrogen-bond acceptors (Lipinski definition) is 3. The summed E-state index contributed by atoms with van der Waals surface area (Å²) in [5, 5.41) is 0. The maximum atomic E-state index is 13.7. The SMILES string of the molecule is CC(=O)N(CCNS(=O)(=O)c1ccc(F)cc1C)Cc1ccccc1F. The van der Waals surface area contributed by atoms with Gasteiger partial charge in [0.15, 0.2) is 0 Å². The topological polar surface area (TPSA) is 66.5 Å². The smallest absolute Gasteiger partial charge is 0.240 e. The lowest BCUT2D eigenvalue weighted by Gasteiger charge is -2.21. The maximum Gasteiger partial charge on any atom is 0.240 e. The molecule has 0 aliphatic carbocycles. The van der Waals surface area contributed by atoms with Gasteiger partial charge in [0.1, 0.15) is 11.6 Å². The molecule has 0 saturated carbocycles. The third kappa shape index (κ3) is 5.09. The fourth-order valence-electron chi connectivity index (χ4n) is 2.49. The van der Waals surface area contributed by atoms with Crippen molar-refractivity contribution in [3.8, 4) is 0 Å². The van der Waals surface area contributed by atoms with E-state index in [0.29, 0.717) is 5.56 Å². The van der Waals surface area contributed by atoms with Gasteiger partial charge in [-0.3, -0.25) is 4.79 Å². The van der Waals surface area contributed by atoms with Crippen molar-refractivity contribution < 1.29 is 22.0 Å². The van der Waals surface area contributed by atoms with Gasteiger partial charge in [-0.1, -0.05) is 18.2 Å². The molecule has 1 amide bonds. The molecule has 0 aromatic heterocycles. The van der Waals surface area contributed by atoms with Crippen LogP contribution in [0.2, 0.25) is 0 Å². The fraction of sp³-hybridized carbons (Fsp3) is 0.278. The summed E-state index contributed by atoms with van der Waals surface area (Å²) in [6, 6.07) is 9.48. The summed E-state index contributed by atoms with van der Waals surface area (Å²) in [6.07, 6.45) is 0. The van der Waals surface area contributed by atoms with E-state index in [-0.39, 0.29) is 36.0 Å². The highest BCUT2D eigenvalue weighted by molar-refractivity contribution is 7.89. The molecule has 0 fully saturated rings. The third-order valence-corrected chi connectivity index (χ3v) is 5.49. The molecule has 0 radical (unpaired) electrons. The molecular formula is C18H20F2N2O3S. The summed E-state index contributed by atoms with van der Waals surface area (Å²) >= 11 is 0. The second-order valence-electron chi connectivity index (χ2n) is 5.84. The molecule has 0 aliphatic rings. The Kier molecular flexibility index (Phi) is 6.44. The van der Waals surface area contributed by atoms with Gasteiger partial charge in [0.25, 0.3) is 0 Å². The Bertz CT molecular complexity index is 901. The van der Waals surface area contributed by atoms with Crippen molar-refractivity contribution in [3.05, 3.63) is 65.2 Å². The summed E-state index contributed by atoms with van der Waals surface area (Å²) in [5.74, 6) is -1.25. The third-order valence-electron chi connectivity index (χ3n) is 3.86. The van der Waals surface area contributed by atoms with E-state index in [1.54, 1.807) is 18.2 Å². The zero-order valence-corrected chi connectivity index (χ0v) is 15.3. The minimum Gasteiger partial charge on any atom is -0.337 e. The molecule has 26 heavy (non-hydrogen) atoms. The fourth-order valence-corrected chi connectivity index (χ4v) is 3.73. The molecule has 140 valence electrons. The van der Waals surface area contributed by atoms with Crippen molar-refractivity contribution in [2.45, 2.75) is 25.3 Å². The molecule has 0 heterocycles. The molecule has 5 nitrogen and oxygen atoms in total. The van der Waals surface area contributed by atoms with E-state index < -0.39 is 21.7 Å². The predicted molar refractivity (Wildman–Crippen MR) is 93.8 cm³/mol. The molecule has 0 spiro atoms. The van der Waals surface area contributed by atoms with Crippen LogP contribution in [-0.4, -0.2) is 32.3 Å². The van der Waals surface area contributed by atoms with E-state index in [0.717, 1.165) is 12.1 Å². The quantitative estimate of drug-likeness (QED) is 0.801. The van der Waals surface area contributed by atoms with Gasteiger partial charge in [0, 0.05) is 32.1 Å². The van der Waals surface area contributed by atoms with Crippen LogP contribution in [0.15, 0.2) is 47.4 Å². The van der Waals surface area contributed by atoms with Crippen LogP contribution in [0.25, 0.3) is 0 Å². The minimum absolute atomic E-state index is 0.0256. The van der Waals surface area contributed by atoms with E-state index in [2.05, 4.69) is 4.72 Å². The molecule has 2 rings (SSSR count). The highest BCUT2D eigenvalue weighted by Crippen LogP contribution is 2.16. The van der Waals surface area contributed by atoms with Crippen molar-refractivity contribution in [1.29, 1.82) is 0 Å². The van der Waals surface area contributed by atoms with E-state index in [9.17, 15) is 22.0 Å². The maximum absolute atomic E-state index is 13.7. The number of sulfonamides is 1. The number of carbonyl (C=O) groups excluding carboxylic acids is 1. The zero-order valence-electron chi connectivity index (χ0n) is 14.5. The Morgan fingerprint density at radius 2 is 1.85 bits per heavy atom. The first kappa shape index (κ1) is 20.0. The van der Waals surface area contributed by atoms with Gasteiger partial charge in [0.2, 0.25) is 15.9 Å². The van der Waals surface area contributed by atoms with Crippen LogP contribution in [0.3, 0.4) is 0 Å². The van der Waals surface area contributed by atoms with Crippen LogP contribution in [0, 0.1) is 18.6 Å². The first-order valence-electron chi connectivity index (χ1n) is 7.95. The monoisotopic (exact) mass is 382 g/mol. The number of nitrogens with zero attached hydrogens (tertiary/aromatic N) is 1. The number of hydrogen-bond donors (Lipinski definition) is 1. The molecule has 0 saturated heterocycles. The van der Waals surface area contributed by atoms with Crippen molar-refractivity contribution in [2.75, 3.05) is 13.1 Å². The van der Waals surface area contributed by atoms with E-state index >= 15 is 0 Å². The lowest BCUT2D eigenvalue weighted by atomic mass is 10.2. The molecule has 2 aromatic rings. The van der Waals surface area contributed by atoms with E-state index in [4.69, 9.17) is 0 Å². The number of halogens is 2. The van der Waals surface area contributed by atoms with E-state index in [1.807, 2.05) is 0 Å². The largest absolute Gasteiger partial charge is 0.337 e. The van der Waals surface area contributed by atoms with Gasteiger partial charge in [-0.15, -0.1) is 0 Å². The molecule has 1 N–H and O–H groups in total. The number of aryl methyl sites for hydroxylation is 1. The summed E-state index contributed by atoms with van der Waals surface area (Å²) < 4.78 is 53.9. The van der Waals surface area contributed by atoms with Crippen LogP contribution in [0.4, 0.5) is 8.78 Å².